The van der Waals surface area contributed by atoms with Crippen LogP contribution in [0.1, 0.15) is 29.3 Å². The summed E-state index contributed by atoms with van der Waals surface area (Å²) < 4.78 is 37.0. The van der Waals surface area contributed by atoms with E-state index in [-0.39, 0.29) is 16.3 Å². The number of methoxy groups -OCH3 is 2. The van der Waals surface area contributed by atoms with Crippen molar-refractivity contribution < 1.29 is 22.7 Å². The second-order valence-corrected chi connectivity index (χ2v) is 8.30. The van der Waals surface area contributed by atoms with Gasteiger partial charge in [0, 0.05) is 11.3 Å². The van der Waals surface area contributed by atoms with E-state index in [0.717, 1.165) is 0 Å². The van der Waals surface area contributed by atoms with Crippen LogP contribution >= 0.6 is 11.6 Å². The van der Waals surface area contributed by atoms with Crippen molar-refractivity contribution in [2.75, 3.05) is 30.0 Å². The van der Waals surface area contributed by atoms with Gasteiger partial charge in [0.2, 0.25) is 10.0 Å². The quantitative estimate of drug-likeness (QED) is 0.663. The van der Waals surface area contributed by atoms with E-state index in [1.54, 1.807) is 32.0 Å². The molecule has 0 saturated heterocycles. The molecule has 0 aliphatic rings. The van der Waals surface area contributed by atoms with Crippen LogP contribution in [0.4, 0.5) is 11.4 Å². The highest BCUT2D eigenvalue weighted by molar-refractivity contribution is 7.92. The summed E-state index contributed by atoms with van der Waals surface area (Å²) in [6.07, 6.45) is 0.505. The van der Waals surface area contributed by atoms with Gasteiger partial charge in [-0.25, -0.2) is 8.42 Å². The fraction of sp³-hybridized carbons (Fsp3) is 0.316. The van der Waals surface area contributed by atoms with Crippen LogP contribution in [0.2, 0.25) is 5.02 Å². The summed E-state index contributed by atoms with van der Waals surface area (Å²) in [4.78, 5) is 12.7. The smallest absolute Gasteiger partial charge is 0.255 e. The molecule has 9 heteroatoms. The molecule has 0 aliphatic carbocycles. The molecule has 2 rings (SSSR count). The summed E-state index contributed by atoms with van der Waals surface area (Å²) in [5.74, 6) is 0.273. The Morgan fingerprint density at radius 2 is 1.82 bits per heavy atom. The molecule has 0 aliphatic heterocycles. The number of nitrogens with one attached hydrogen (secondary N) is 2. The minimum Gasteiger partial charge on any atom is -0.493 e. The van der Waals surface area contributed by atoms with E-state index >= 15 is 0 Å². The van der Waals surface area contributed by atoms with E-state index in [0.29, 0.717) is 34.9 Å². The molecular weight excluding hydrogens is 404 g/mol. The molecule has 0 aromatic heterocycles. The Morgan fingerprint density at radius 1 is 1.14 bits per heavy atom. The first-order valence-corrected chi connectivity index (χ1v) is 10.6. The van der Waals surface area contributed by atoms with Gasteiger partial charge in [-0.15, -0.1) is 0 Å². The molecule has 2 aromatic rings. The number of hydrogen-bond donors (Lipinski definition) is 2. The fourth-order valence-electron chi connectivity index (χ4n) is 2.61. The van der Waals surface area contributed by atoms with Crippen molar-refractivity contribution in [3.63, 3.8) is 0 Å². The lowest BCUT2D eigenvalue weighted by molar-refractivity contribution is 0.102. The molecule has 1 amide bonds. The minimum atomic E-state index is -3.44. The highest BCUT2D eigenvalue weighted by atomic mass is 35.5. The van der Waals surface area contributed by atoms with Gasteiger partial charge in [-0.1, -0.05) is 24.6 Å². The molecule has 0 bridgehead atoms. The summed E-state index contributed by atoms with van der Waals surface area (Å²) in [7, 11) is -0.531. The summed E-state index contributed by atoms with van der Waals surface area (Å²) in [5.41, 5.74) is 1.77. The van der Waals surface area contributed by atoms with Crippen LogP contribution in [-0.2, 0) is 10.0 Å². The summed E-state index contributed by atoms with van der Waals surface area (Å²) in [5, 5.41) is 3.01. The van der Waals surface area contributed by atoms with Gasteiger partial charge in [-0.2, -0.15) is 0 Å². The van der Waals surface area contributed by atoms with E-state index in [4.69, 9.17) is 21.1 Å². The summed E-state index contributed by atoms with van der Waals surface area (Å²) in [6.45, 7) is 3.51. The second-order valence-electron chi connectivity index (χ2n) is 6.05. The topological polar surface area (TPSA) is 93.7 Å². The molecule has 7 nitrogen and oxygen atoms in total. The number of rotatable bonds is 8. The number of halogens is 1. The van der Waals surface area contributed by atoms with E-state index in [1.807, 2.05) is 0 Å². The van der Waals surface area contributed by atoms with Crippen molar-refractivity contribution in [2.45, 2.75) is 20.3 Å². The van der Waals surface area contributed by atoms with Crippen molar-refractivity contribution in [1.29, 1.82) is 0 Å². The van der Waals surface area contributed by atoms with Gasteiger partial charge in [0.1, 0.15) is 0 Å². The van der Waals surface area contributed by atoms with E-state index in [9.17, 15) is 13.2 Å². The van der Waals surface area contributed by atoms with Crippen LogP contribution < -0.4 is 19.5 Å². The van der Waals surface area contributed by atoms with E-state index in [2.05, 4.69) is 10.0 Å². The number of benzene rings is 2. The van der Waals surface area contributed by atoms with Crippen molar-refractivity contribution in [1.82, 2.24) is 0 Å². The van der Waals surface area contributed by atoms with Crippen molar-refractivity contribution in [2.24, 2.45) is 0 Å². The lowest BCUT2D eigenvalue weighted by atomic mass is 10.1. The number of carbonyl (C=O) groups is 1. The third kappa shape index (κ3) is 5.08. The number of hydrogen-bond acceptors (Lipinski definition) is 5. The molecule has 0 heterocycles. The molecule has 28 heavy (non-hydrogen) atoms. The van der Waals surface area contributed by atoms with Crippen LogP contribution in [-0.4, -0.2) is 34.3 Å². The highest BCUT2D eigenvalue weighted by Gasteiger charge is 2.17. The van der Waals surface area contributed by atoms with E-state index < -0.39 is 15.9 Å². The van der Waals surface area contributed by atoms with Crippen molar-refractivity contribution in [3.05, 3.63) is 46.5 Å². The maximum Gasteiger partial charge on any atom is 0.255 e. The van der Waals surface area contributed by atoms with Crippen LogP contribution in [0, 0.1) is 6.92 Å². The Hall–Kier alpha value is -2.45. The van der Waals surface area contributed by atoms with Crippen LogP contribution in [0.5, 0.6) is 11.5 Å². The Morgan fingerprint density at radius 3 is 2.43 bits per heavy atom. The molecule has 0 atom stereocenters. The molecule has 2 N–H and O–H groups in total. The lowest BCUT2D eigenvalue weighted by Gasteiger charge is -2.15. The van der Waals surface area contributed by atoms with E-state index in [1.165, 1.54) is 26.4 Å². The molecule has 152 valence electrons. The molecule has 0 radical (unpaired) electrons. The molecule has 0 fully saturated rings. The van der Waals surface area contributed by atoms with Gasteiger partial charge >= 0.3 is 0 Å². The molecular formula is C19H23ClN2O5S. The van der Waals surface area contributed by atoms with Crippen LogP contribution in [0.3, 0.4) is 0 Å². The zero-order valence-electron chi connectivity index (χ0n) is 16.1. The maximum atomic E-state index is 12.7. The van der Waals surface area contributed by atoms with Gasteiger partial charge in [-0.05, 0) is 43.2 Å². The molecule has 0 spiro atoms. The predicted octanol–water partition coefficient (Wildman–Crippen LogP) is 4.07. The van der Waals surface area contributed by atoms with Crippen LogP contribution in [0.15, 0.2) is 30.3 Å². The third-order valence-electron chi connectivity index (χ3n) is 4.02. The normalized spacial score (nSPS) is 11.0. The Labute approximate surface area is 170 Å². The monoisotopic (exact) mass is 426 g/mol. The Bertz CT molecular complexity index is 977. The first kappa shape index (κ1) is 21.8. The lowest BCUT2D eigenvalue weighted by Crippen LogP contribution is -2.18. The first-order chi connectivity index (χ1) is 13.2. The molecule has 0 unspecified atom stereocenters. The number of amides is 1. The highest BCUT2D eigenvalue weighted by Crippen LogP contribution is 2.36. The predicted molar refractivity (Wildman–Crippen MR) is 111 cm³/mol. The number of ether oxygens (including phenoxy) is 2. The van der Waals surface area contributed by atoms with Crippen molar-refractivity contribution >= 4 is 38.9 Å². The zero-order valence-corrected chi connectivity index (χ0v) is 17.7. The largest absolute Gasteiger partial charge is 0.493 e. The summed E-state index contributed by atoms with van der Waals surface area (Å²) >= 11 is 6.16. The Balaban J connectivity index is 2.30. The SMILES string of the molecule is CCCS(=O)(=O)Nc1cccc(NC(=O)c2cc(Cl)c(OC)c(OC)c2)c1C. The average molecular weight is 427 g/mol. The average Bonchev–Trinajstić information content (AvgIpc) is 2.63. The number of anilines is 2. The van der Waals surface area contributed by atoms with Crippen LogP contribution in [0.25, 0.3) is 0 Å². The zero-order chi connectivity index (χ0) is 20.9. The molecule has 0 saturated carbocycles. The van der Waals surface area contributed by atoms with Gasteiger partial charge in [0.05, 0.1) is 30.7 Å². The molecule has 2 aromatic carbocycles. The third-order valence-corrected chi connectivity index (χ3v) is 5.77. The standard InChI is InChI=1S/C19H23ClN2O5S/c1-5-9-28(24,25)22-16-8-6-7-15(12(16)2)21-19(23)13-10-14(20)18(27-4)17(11-13)26-3/h6-8,10-11,22H,5,9H2,1-4H3,(H,21,23). The van der Waals surface area contributed by atoms with Gasteiger partial charge in [0.25, 0.3) is 5.91 Å². The van der Waals surface area contributed by atoms with Gasteiger partial charge in [-0.3, -0.25) is 9.52 Å². The Kier molecular flexibility index (Phi) is 7.15. The van der Waals surface area contributed by atoms with Crippen molar-refractivity contribution in [3.8, 4) is 11.5 Å². The second kappa shape index (κ2) is 9.16. The maximum absolute atomic E-state index is 12.7. The fourth-order valence-corrected chi connectivity index (χ4v) is 4.10. The number of sulfonamides is 1. The summed E-state index contributed by atoms with van der Waals surface area (Å²) in [6, 6.07) is 7.98. The van der Waals surface area contributed by atoms with Gasteiger partial charge < -0.3 is 14.8 Å². The number of carbonyl (C=O) groups excluding carboxylic acids is 1. The first-order valence-electron chi connectivity index (χ1n) is 8.55. The van der Waals surface area contributed by atoms with Gasteiger partial charge in [0.15, 0.2) is 11.5 Å². The minimum absolute atomic E-state index is 0.0210.